The van der Waals surface area contributed by atoms with Crippen LogP contribution in [-0.2, 0) is 6.54 Å². The van der Waals surface area contributed by atoms with Crippen molar-refractivity contribution in [2.75, 3.05) is 7.11 Å². The fraction of sp³-hybridized carbons (Fsp3) is 0.375. The van der Waals surface area contributed by atoms with Crippen molar-refractivity contribution in [3.8, 4) is 17.1 Å². The molecule has 3 aromatic rings. The normalized spacial score (nSPS) is 14.5. The van der Waals surface area contributed by atoms with E-state index in [-0.39, 0.29) is 11.9 Å². The number of nitrogens with zero attached hydrogens (tertiary/aromatic N) is 3. The molecule has 1 aromatic heterocycles. The van der Waals surface area contributed by atoms with Crippen molar-refractivity contribution >= 4 is 5.91 Å². The van der Waals surface area contributed by atoms with Crippen molar-refractivity contribution in [2.45, 2.75) is 51.6 Å². The third kappa shape index (κ3) is 4.53. The number of rotatable bonds is 6. The van der Waals surface area contributed by atoms with Gasteiger partial charge in [0.15, 0.2) is 0 Å². The molecule has 1 amide bonds. The summed E-state index contributed by atoms with van der Waals surface area (Å²) in [7, 11) is 1.63. The van der Waals surface area contributed by atoms with Crippen LogP contribution >= 0.6 is 0 Å². The van der Waals surface area contributed by atoms with Gasteiger partial charge in [0.25, 0.3) is 5.91 Å². The Balaban J connectivity index is 1.57. The summed E-state index contributed by atoms with van der Waals surface area (Å²) < 4.78 is 10.7. The average molecular weight is 405 g/mol. The van der Waals surface area contributed by atoms with Gasteiger partial charge in [-0.2, -0.15) is 4.98 Å². The SMILES string of the molecule is COc1ccc(-c2noc(CN(C(=O)c3cccc(C)c3)C3CCCCC3)n2)cc1. The standard InChI is InChI=1S/C24H27N3O3/c1-17-7-6-8-19(15-17)24(28)27(20-9-4-3-5-10-20)16-22-25-23(26-30-22)18-11-13-21(29-2)14-12-18/h6-8,11-15,20H,3-5,9-10,16H2,1-2H3. The van der Waals surface area contributed by atoms with E-state index in [0.29, 0.717) is 23.8 Å². The molecule has 0 aliphatic heterocycles. The molecule has 1 aliphatic rings. The molecule has 2 aromatic carbocycles. The minimum absolute atomic E-state index is 0.0230. The first-order valence-corrected chi connectivity index (χ1v) is 10.5. The van der Waals surface area contributed by atoms with Gasteiger partial charge >= 0.3 is 0 Å². The Bertz CT molecular complexity index is 991. The summed E-state index contributed by atoms with van der Waals surface area (Å²) in [5, 5.41) is 4.12. The second-order valence-corrected chi connectivity index (χ2v) is 7.83. The minimum atomic E-state index is 0.0230. The fourth-order valence-electron chi connectivity index (χ4n) is 4.03. The number of carbonyl (C=O) groups excluding carboxylic acids is 1. The van der Waals surface area contributed by atoms with E-state index in [9.17, 15) is 4.79 Å². The molecule has 0 spiro atoms. The van der Waals surface area contributed by atoms with Crippen molar-refractivity contribution in [3.05, 3.63) is 65.5 Å². The highest BCUT2D eigenvalue weighted by atomic mass is 16.5. The maximum atomic E-state index is 13.4. The zero-order valence-corrected chi connectivity index (χ0v) is 17.5. The molecule has 0 N–H and O–H groups in total. The third-order valence-electron chi connectivity index (χ3n) is 5.66. The zero-order chi connectivity index (χ0) is 20.9. The van der Waals surface area contributed by atoms with Gasteiger partial charge < -0.3 is 14.2 Å². The summed E-state index contributed by atoms with van der Waals surface area (Å²) in [4.78, 5) is 19.8. The number of amides is 1. The smallest absolute Gasteiger partial charge is 0.254 e. The van der Waals surface area contributed by atoms with Crippen molar-refractivity contribution in [1.82, 2.24) is 15.0 Å². The summed E-state index contributed by atoms with van der Waals surface area (Å²) in [6.07, 6.45) is 5.53. The largest absolute Gasteiger partial charge is 0.497 e. The first-order valence-electron chi connectivity index (χ1n) is 10.5. The molecule has 1 fully saturated rings. The predicted octanol–water partition coefficient (Wildman–Crippen LogP) is 5.03. The van der Waals surface area contributed by atoms with Crippen molar-refractivity contribution < 1.29 is 14.1 Å². The maximum Gasteiger partial charge on any atom is 0.254 e. The molecular weight excluding hydrogens is 378 g/mol. The second-order valence-electron chi connectivity index (χ2n) is 7.83. The Morgan fingerprint density at radius 3 is 2.60 bits per heavy atom. The number of carbonyl (C=O) groups is 1. The highest BCUT2D eigenvalue weighted by Crippen LogP contribution is 2.26. The molecule has 0 saturated heterocycles. The Kier molecular flexibility index (Phi) is 6.12. The Hall–Kier alpha value is -3.15. The number of hydrogen-bond acceptors (Lipinski definition) is 5. The quantitative estimate of drug-likeness (QED) is 0.575. The van der Waals surface area contributed by atoms with Crippen molar-refractivity contribution in [2.24, 2.45) is 0 Å². The van der Waals surface area contributed by atoms with E-state index in [2.05, 4.69) is 10.1 Å². The van der Waals surface area contributed by atoms with Crippen LogP contribution in [0.2, 0.25) is 0 Å². The lowest BCUT2D eigenvalue weighted by molar-refractivity contribution is 0.0586. The van der Waals surface area contributed by atoms with Crippen LogP contribution in [0.1, 0.15) is 53.9 Å². The number of aromatic nitrogens is 2. The van der Waals surface area contributed by atoms with E-state index in [1.807, 2.05) is 60.4 Å². The summed E-state index contributed by atoms with van der Waals surface area (Å²) in [6.45, 7) is 2.32. The molecule has 0 unspecified atom stereocenters. The number of methoxy groups -OCH3 is 1. The topological polar surface area (TPSA) is 68.5 Å². The first-order chi connectivity index (χ1) is 14.6. The average Bonchev–Trinajstić information content (AvgIpc) is 3.26. The molecule has 1 heterocycles. The van der Waals surface area contributed by atoms with Gasteiger partial charge in [-0.3, -0.25) is 4.79 Å². The number of ether oxygens (including phenoxy) is 1. The van der Waals surface area contributed by atoms with Gasteiger partial charge in [0.2, 0.25) is 11.7 Å². The molecule has 1 aliphatic carbocycles. The van der Waals surface area contributed by atoms with Crippen LogP contribution in [0.15, 0.2) is 53.1 Å². The number of hydrogen-bond donors (Lipinski definition) is 0. The van der Waals surface area contributed by atoms with Gasteiger partial charge in [-0.15, -0.1) is 0 Å². The van der Waals surface area contributed by atoms with E-state index in [4.69, 9.17) is 9.26 Å². The molecule has 6 nitrogen and oxygen atoms in total. The van der Waals surface area contributed by atoms with Gasteiger partial charge in [-0.1, -0.05) is 42.1 Å². The first kappa shape index (κ1) is 20.1. The fourth-order valence-corrected chi connectivity index (χ4v) is 4.03. The van der Waals surface area contributed by atoms with Crippen LogP contribution in [-0.4, -0.2) is 34.1 Å². The van der Waals surface area contributed by atoms with E-state index < -0.39 is 0 Å². The molecule has 1 saturated carbocycles. The molecular formula is C24H27N3O3. The maximum absolute atomic E-state index is 13.4. The molecule has 0 bridgehead atoms. The number of benzene rings is 2. The van der Waals surface area contributed by atoms with Gasteiger partial charge in [0.1, 0.15) is 12.3 Å². The minimum Gasteiger partial charge on any atom is -0.497 e. The van der Waals surface area contributed by atoms with E-state index >= 15 is 0 Å². The molecule has 6 heteroatoms. The van der Waals surface area contributed by atoms with Crippen molar-refractivity contribution in [3.63, 3.8) is 0 Å². The Morgan fingerprint density at radius 2 is 1.90 bits per heavy atom. The Labute approximate surface area is 176 Å². The van der Waals surface area contributed by atoms with Crippen LogP contribution in [0.3, 0.4) is 0 Å². The monoisotopic (exact) mass is 405 g/mol. The summed E-state index contributed by atoms with van der Waals surface area (Å²) >= 11 is 0. The summed E-state index contributed by atoms with van der Waals surface area (Å²) in [5.74, 6) is 1.76. The molecule has 4 rings (SSSR count). The summed E-state index contributed by atoms with van der Waals surface area (Å²) in [6, 6.07) is 15.5. The van der Waals surface area contributed by atoms with E-state index in [1.165, 1.54) is 6.42 Å². The van der Waals surface area contributed by atoms with Gasteiger partial charge in [-0.25, -0.2) is 0 Å². The highest BCUT2D eigenvalue weighted by Gasteiger charge is 2.28. The van der Waals surface area contributed by atoms with Gasteiger partial charge in [0, 0.05) is 17.2 Å². The molecule has 0 atom stereocenters. The summed E-state index contributed by atoms with van der Waals surface area (Å²) in [5.41, 5.74) is 2.62. The lowest BCUT2D eigenvalue weighted by Crippen LogP contribution is -2.41. The molecule has 156 valence electrons. The lowest BCUT2D eigenvalue weighted by atomic mass is 9.93. The zero-order valence-electron chi connectivity index (χ0n) is 17.5. The number of aryl methyl sites for hydroxylation is 1. The van der Waals surface area contributed by atoms with Crippen LogP contribution in [0.4, 0.5) is 0 Å². The molecule has 0 radical (unpaired) electrons. The van der Waals surface area contributed by atoms with Gasteiger partial charge in [0.05, 0.1) is 7.11 Å². The second kappa shape index (κ2) is 9.11. The Morgan fingerprint density at radius 1 is 1.13 bits per heavy atom. The predicted molar refractivity (Wildman–Crippen MR) is 114 cm³/mol. The van der Waals surface area contributed by atoms with Crippen LogP contribution in [0.5, 0.6) is 5.75 Å². The third-order valence-corrected chi connectivity index (χ3v) is 5.66. The molecule has 30 heavy (non-hydrogen) atoms. The van der Waals surface area contributed by atoms with Crippen LogP contribution in [0, 0.1) is 6.92 Å². The highest BCUT2D eigenvalue weighted by molar-refractivity contribution is 5.94. The van der Waals surface area contributed by atoms with E-state index in [1.54, 1.807) is 7.11 Å². The van der Waals surface area contributed by atoms with Gasteiger partial charge in [-0.05, 0) is 56.2 Å². The van der Waals surface area contributed by atoms with E-state index in [0.717, 1.165) is 42.6 Å². The van der Waals surface area contributed by atoms with Crippen LogP contribution < -0.4 is 4.74 Å². The van der Waals surface area contributed by atoms with Crippen LogP contribution in [0.25, 0.3) is 11.4 Å². The lowest BCUT2D eigenvalue weighted by Gasteiger charge is -2.33. The van der Waals surface area contributed by atoms with Crippen molar-refractivity contribution in [1.29, 1.82) is 0 Å².